The van der Waals surface area contributed by atoms with E-state index >= 15 is 0 Å². The van der Waals surface area contributed by atoms with Crippen molar-refractivity contribution in [3.05, 3.63) is 83.9 Å². The topological polar surface area (TPSA) is 60.9 Å². The molecule has 2 aromatic carbocycles. The predicted octanol–water partition coefficient (Wildman–Crippen LogP) is 4.46. The van der Waals surface area contributed by atoms with Crippen LogP contribution in [0.4, 0.5) is 4.39 Å². The summed E-state index contributed by atoms with van der Waals surface area (Å²) < 4.78 is 30.9. The van der Waals surface area contributed by atoms with Gasteiger partial charge in [0.15, 0.2) is 23.1 Å². The van der Waals surface area contributed by atoms with E-state index in [0.29, 0.717) is 42.6 Å². The first-order valence-electron chi connectivity index (χ1n) is 9.77. The van der Waals surface area contributed by atoms with Crippen molar-refractivity contribution >= 4 is 12.0 Å². The number of fused-ring (bicyclic) bond motifs is 1. The normalized spacial score (nSPS) is 12.6. The SMILES string of the molecule is CN(Cc1ccc2c(c1)OCCO2)C(=O)/C=C/c1ccc(Oc2cccnc2)c(F)c1. The van der Waals surface area contributed by atoms with Crippen molar-refractivity contribution in [3.63, 3.8) is 0 Å². The van der Waals surface area contributed by atoms with Crippen molar-refractivity contribution in [2.45, 2.75) is 6.54 Å². The number of likely N-dealkylation sites (N-methyl/N-ethyl adjacent to an activating group) is 1. The fourth-order valence-corrected chi connectivity index (χ4v) is 3.07. The van der Waals surface area contributed by atoms with Gasteiger partial charge in [0.05, 0.1) is 6.20 Å². The maximum atomic E-state index is 14.3. The van der Waals surface area contributed by atoms with Crippen molar-refractivity contribution in [2.75, 3.05) is 20.3 Å². The molecule has 3 aromatic rings. The minimum absolute atomic E-state index is 0.0900. The number of nitrogens with zero attached hydrogens (tertiary/aromatic N) is 2. The summed E-state index contributed by atoms with van der Waals surface area (Å²) in [7, 11) is 1.70. The summed E-state index contributed by atoms with van der Waals surface area (Å²) in [6, 6.07) is 13.5. The van der Waals surface area contributed by atoms with Crippen LogP contribution in [-0.2, 0) is 11.3 Å². The van der Waals surface area contributed by atoms with E-state index in [1.54, 1.807) is 42.4 Å². The lowest BCUT2D eigenvalue weighted by Crippen LogP contribution is -2.24. The number of benzene rings is 2. The molecular weight excluding hydrogens is 399 g/mol. The second kappa shape index (κ2) is 9.30. The largest absolute Gasteiger partial charge is 0.486 e. The lowest BCUT2D eigenvalue weighted by Gasteiger charge is -2.20. The molecule has 1 aliphatic rings. The standard InChI is InChI=1S/C24H21FN2O4/c1-27(16-18-5-8-22-23(14-18)30-12-11-29-22)24(28)9-6-17-4-7-21(20(25)13-17)31-19-3-2-10-26-15-19/h2-10,13-15H,11-12,16H2,1H3/b9-6+. The van der Waals surface area contributed by atoms with E-state index in [2.05, 4.69) is 4.98 Å². The Labute approximate surface area is 179 Å². The summed E-state index contributed by atoms with van der Waals surface area (Å²) >= 11 is 0. The Morgan fingerprint density at radius 2 is 2.00 bits per heavy atom. The third kappa shape index (κ3) is 5.19. The maximum Gasteiger partial charge on any atom is 0.246 e. The van der Waals surface area contributed by atoms with Crippen LogP contribution in [0.2, 0.25) is 0 Å². The fraction of sp³-hybridized carbons (Fsp3) is 0.167. The number of pyridine rings is 1. The summed E-state index contributed by atoms with van der Waals surface area (Å²) in [5.74, 6) is 1.20. The molecular formula is C24H21FN2O4. The van der Waals surface area contributed by atoms with Gasteiger partial charge < -0.3 is 19.1 Å². The van der Waals surface area contributed by atoms with Crippen LogP contribution in [0.15, 0.2) is 67.0 Å². The van der Waals surface area contributed by atoms with Gasteiger partial charge in [0.2, 0.25) is 5.91 Å². The van der Waals surface area contributed by atoms with Gasteiger partial charge in [-0.25, -0.2) is 4.39 Å². The van der Waals surface area contributed by atoms with Crippen LogP contribution in [0.3, 0.4) is 0 Å². The molecule has 0 saturated heterocycles. The quantitative estimate of drug-likeness (QED) is 0.551. The Kier molecular flexibility index (Phi) is 6.12. The van der Waals surface area contributed by atoms with E-state index in [1.165, 1.54) is 24.4 Å². The minimum atomic E-state index is -0.525. The molecule has 0 bridgehead atoms. The van der Waals surface area contributed by atoms with E-state index in [-0.39, 0.29) is 11.7 Å². The Morgan fingerprint density at radius 3 is 2.77 bits per heavy atom. The van der Waals surface area contributed by atoms with Crippen LogP contribution in [0.1, 0.15) is 11.1 Å². The van der Waals surface area contributed by atoms with Crippen molar-refractivity contribution in [3.8, 4) is 23.0 Å². The van der Waals surface area contributed by atoms with Gasteiger partial charge in [-0.2, -0.15) is 0 Å². The van der Waals surface area contributed by atoms with Gasteiger partial charge >= 0.3 is 0 Å². The molecule has 1 amide bonds. The van der Waals surface area contributed by atoms with Crippen LogP contribution in [-0.4, -0.2) is 36.1 Å². The number of carbonyl (C=O) groups excluding carboxylic acids is 1. The van der Waals surface area contributed by atoms with Crippen LogP contribution in [0, 0.1) is 5.82 Å². The summed E-state index contributed by atoms with van der Waals surface area (Å²) in [5.41, 5.74) is 1.48. The van der Waals surface area contributed by atoms with Gasteiger partial charge in [-0.05, 0) is 53.6 Å². The lowest BCUT2D eigenvalue weighted by atomic mass is 10.1. The van der Waals surface area contributed by atoms with Gasteiger partial charge in [-0.15, -0.1) is 0 Å². The monoisotopic (exact) mass is 420 g/mol. The first kappa shape index (κ1) is 20.4. The minimum Gasteiger partial charge on any atom is -0.486 e. The summed E-state index contributed by atoms with van der Waals surface area (Å²) in [4.78, 5) is 18.0. The summed E-state index contributed by atoms with van der Waals surface area (Å²) in [6.07, 6.45) is 6.09. The average molecular weight is 420 g/mol. The Bertz CT molecular complexity index is 1100. The Hall–Kier alpha value is -3.87. The molecule has 0 radical (unpaired) electrons. The second-order valence-electron chi connectivity index (χ2n) is 6.99. The zero-order valence-electron chi connectivity index (χ0n) is 17.0. The molecule has 0 unspecified atom stereocenters. The van der Waals surface area contributed by atoms with E-state index in [0.717, 1.165) is 5.56 Å². The van der Waals surface area contributed by atoms with Crippen LogP contribution in [0.25, 0.3) is 6.08 Å². The summed E-state index contributed by atoms with van der Waals surface area (Å²) in [5, 5.41) is 0. The number of ether oxygens (including phenoxy) is 3. The molecule has 1 aliphatic heterocycles. The van der Waals surface area contributed by atoms with E-state index < -0.39 is 5.82 Å². The van der Waals surface area contributed by atoms with Gasteiger partial charge in [0.25, 0.3) is 0 Å². The summed E-state index contributed by atoms with van der Waals surface area (Å²) in [6.45, 7) is 1.45. The zero-order valence-corrected chi connectivity index (χ0v) is 17.0. The van der Waals surface area contributed by atoms with Crippen LogP contribution >= 0.6 is 0 Å². The number of hydrogen-bond acceptors (Lipinski definition) is 5. The van der Waals surface area contributed by atoms with Gasteiger partial charge in [-0.1, -0.05) is 12.1 Å². The predicted molar refractivity (Wildman–Crippen MR) is 114 cm³/mol. The molecule has 0 fully saturated rings. The molecule has 0 aliphatic carbocycles. The number of hydrogen-bond donors (Lipinski definition) is 0. The molecule has 2 heterocycles. The maximum absolute atomic E-state index is 14.3. The van der Waals surface area contributed by atoms with Crippen LogP contribution in [0.5, 0.6) is 23.0 Å². The lowest BCUT2D eigenvalue weighted by molar-refractivity contribution is -0.125. The average Bonchev–Trinajstić information content (AvgIpc) is 2.79. The molecule has 31 heavy (non-hydrogen) atoms. The third-order valence-corrected chi connectivity index (χ3v) is 4.64. The first-order chi connectivity index (χ1) is 15.1. The highest BCUT2D eigenvalue weighted by Gasteiger charge is 2.13. The third-order valence-electron chi connectivity index (χ3n) is 4.64. The van der Waals surface area contributed by atoms with Gasteiger partial charge in [0.1, 0.15) is 19.0 Å². The number of amides is 1. The first-order valence-corrected chi connectivity index (χ1v) is 9.77. The number of halogens is 1. The molecule has 1 aromatic heterocycles. The van der Waals surface area contributed by atoms with Crippen molar-refractivity contribution in [1.82, 2.24) is 9.88 Å². The van der Waals surface area contributed by atoms with E-state index in [9.17, 15) is 9.18 Å². The molecule has 0 atom stereocenters. The fourth-order valence-electron chi connectivity index (χ4n) is 3.07. The van der Waals surface area contributed by atoms with Gasteiger partial charge in [0, 0.05) is 25.9 Å². The second-order valence-corrected chi connectivity index (χ2v) is 6.99. The Morgan fingerprint density at radius 1 is 1.16 bits per heavy atom. The van der Waals surface area contributed by atoms with E-state index in [4.69, 9.17) is 14.2 Å². The zero-order chi connectivity index (χ0) is 21.6. The van der Waals surface area contributed by atoms with Gasteiger partial charge in [-0.3, -0.25) is 9.78 Å². The smallest absolute Gasteiger partial charge is 0.246 e. The van der Waals surface area contributed by atoms with E-state index in [1.807, 2.05) is 18.2 Å². The van der Waals surface area contributed by atoms with Crippen LogP contribution < -0.4 is 14.2 Å². The Balaban J connectivity index is 1.37. The van der Waals surface area contributed by atoms with Crippen molar-refractivity contribution < 1.29 is 23.4 Å². The van der Waals surface area contributed by atoms with Crippen molar-refractivity contribution in [1.29, 1.82) is 0 Å². The molecule has 0 saturated carbocycles. The molecule has 158 valence electrons. The highest BCUT2D eigenvalue weighted by molar-refractivity contribution is 5.91. The molecule has 7 heteroatoms. The van der Waals surface area contributed by atoms with Crippen molar-refractivity contribution in [2.24, 2.45) is 0 Å². The highest BCUT2D eigenvalue weighted by atomic mass is 19.1. The molecule has 0 N–H and O–H groups in total. The molecule has 4 rings (SSSR count). The number of carbonyl (C=O) groups is 1. The number of aromatic nitrogens is 1. The molecule has 0 spiro atoms. The number of rotatable bonds is 6. The highest BCUT2D eigenvalue weighted by Crippen LogP contribution is 2.31. The molecule has 6 nitrogen and oxygen atoms in total.